The van der Waals surface area contributed by atoms with E-state index in [9.17, 15) is 18.0 Å². The first-order valence-electron chi connectivity index (χ1n) is 8.35. The lowest BCUT2D eigenvalue weighted by Crippen LogP contribution is -2.34. The van der Waals surface area contributed by atoms with Crippen molar-refractivity contribution in [1.29, 1.82) is 0 Å². The standard InChI is InChI=1S/C17H24N2O6S/c1-13(20)19-14-3-5-15(6-4-14)26(22,23)12-7-16(21)18-9-8-17(2)24-10-11-25-17/h3-6H,7-12H2,1-2H3,(H,18,21)(H,19,20). The summed E-state index contributed by atoms with van der Waals surface area (Å²) in [5.41, 5.74) is 0.513. The SMILES string of the molecule is CC(=O)Nc1ccc(S(=O)(=O)CCC(=O)NCCC2(C)OCCO2)cc1. The summed E-state index contributed by atoms with van der Waals surface area (Å²) in [7, 11) is -3.58. The van der Waals surface area contributed by atoms with Gasteiger partial charge in [0.15, 0.2) is 15.6 Å². The highest BCUT2D eigenvalue weighted by Gasteiger charge is 2.30. The van der Waals surface area contributed by atoms with Crippen LogP contribution in [0, 0.1) is 0 Å². The van der Waals surface area contributed by atoms with Gasteiger partial charge >= 0.3 is 0 Å². The van der Waals surface area contributed by atoms with E-state index < -0.39 is 15.6 Å². The molecule has 0 atom stereocenters. The van der Waals surface area contributed by atoms with Gasteiger partial charge in [0.25, 0.3) is 0 Å². The van der Waals surface area contributed by atoms with Crippen LogP contribution in [-0.4, -0.2) is 51.5 Å². The van der Waals surface area contributed by atoms with Crippen LogP contribution in [0.3, 0.4) is 0 Å². The summed E-state index contributed by atoms with van der Waals surface area (Å²) in [5.74, 6) is -1.55. The van der Waals surface area contributed by atoms with Crippen molar-refractivity contribution in [3.05, 3.63) is 24.3 Å². The van der Waals surface area contributed by atoms with Gasteiger partial charge in [0.05, 0.1) is 23.9 Å². The number of hydrogen-bond donors (Lipinski definition) is 2. The van der Waals surface area contributed by atoms with Crippen LogP contribution >= 0.6 is 0 Å². The normalized spacial score (nSPS) is 16.2. The van der Waals surface area contributed by atoms with Crippen molar-refractivity contribution >= 4 is 27.3 Å². The van der Waals surface area contributed by atoms with Gasteiger partial charge in [-0.1, -0.05) is 0 Å². The molecule has 2 rings (SSSR count). The molecule has 9 heteroatoms. The average Bonchev–Trinajstić information content (AvgIpc) is 3.00. The highest BCUT2D eigenvalue weighted by atomic mass is 32.2. The van der Waals surface area contributed by atoms with Gasteiger partial charge in [0, 0.05) is 32.0 Å². The molecule has 144 valence electrons. The fraction of sp³-hybridized carbons (Fsp3) is 0.529. The Kier molecular flexibility index (Phi) is 6.74. The molecule has 0 saturated carbocycles. The highest BCUT2D eigenvalue weighted by molar-refractivity contribution is 7.91. The van der Waals surface area contributed by atoms with E-state index in [-0.39, 0.29) is 28.9 Å². The number of hydrogen-bond acceptors (Lipinski definition) is 6. The first kappa shape index (κ1) is 20.3. The Hall–Kier alpha value is -1.97. The highest BCUT2D eigenvalue weighted by Crippen LogP contribution is 2.21. The number of sulfone groups is 1. The monoisotopic (exact) mass is 384 g/mol. The second-order valence-electron chi connectivity index (χ2n) is 6.21. The predicted molar refractivity (Wildman–Crippen MR) is 95.4 cm³/mol. The molecule has 2 N–H and O–H groups in total. The van der Waals surface area contributed by atoms with Crippen LogP contribution < -0.4 is 10.6 Å². The molecule has 1 aromatic carbocycles. The van der Waals surface area contributed by atoms with Gasteiger partial charge in [-0.05, 0) is 31.2 Å². The summed E-state index contributed by atoms with van der Waals surface area (Å²) < 4.78 is 35.5. The lowest BCUT2D eigenvalue weighted by atomic mass is 10.2. The third-order valence-electron chi connectivity index (χ3n) is 3.93. The van der Waals surface area contributed by atoms with Crippen molar-refractivity contribution < 1.29 is 27.5 Å². The van der Waals surface area contributed by atoms with Gasteiger partial charge < -0.3 is 20.1 Å². The van der Waals surface area contributed by atoms with Crippen LogP contribution in [0.4, 0.5) is 5.69 Å². The number of anilines is 1. The Bertz CT molecular complexity index is 739. The fourth-order valence-electron chi connectivity index (χ4n) is 2.51. The molecule has 0 spiro atoms. The van der Waals surface area contributed by atoms with Crippen LogP contribution in [-0.2, 0) is 28.9 Å². The Morgan fingerprint density at radius 1 is 1.15 bits per heavy atom. The van der Waals surface area contributed by atoms with Crippen molar-refractivity contribution in [1.82, 2.24) is 5.32 Å². The van der Waals surface area contributed by atoms with Gasteiger partial charge in [-0.3, -0.25) is 9.59 Å². The average molecular weight is 384 g/mol. The molecule has 2 amide bonds. The molecule has 1 aliphatic rings. The topological polar surface area (TPSA) is 111 Å². The van der Waals surface area contributed by atoms with Gasteiger partial charge in [-0.2, -0.15) is 0 Å². The lowest BCUT2D eigenvalue weighted by molar-refractivity contribution is -0.146. The maximum atomic E-state index is 12.3. The van der Waals surface area contributed by atoms with E-state index in [4.69, 9.17) is 9.47 Å². The Morgan fingerprint density at radius 3 is 2.35 bits per heavy atom. The molecule has 0 aromatic heterocycles. The minimum absolute atomic E-state index is 0.111. The Morgan fingerprint density at radius 2 is 1.77 bits per heavy atom. The van der Waals surface area contributed by atoms with E-state index in [0.717, 1.165) is 0 Å². The number of nitrogens with one attached hydrogen (secondary N) is 2. The molecule has 1 heterocycles. The predicted octanol–water partition coefficient (Wildman–Crippen LogP) is 1.08. The fourth-order valence-corrected chi connectivity index (χ4v) is 3.75. The summed E-state index contributed by atoms with van der Waals surface area (Å²) in [6.07, 6.45) is 0.365. The Balaban J connectivity index is 1.79. The number of rotatable bonds is 8. The van der Waals surface area contributed by atoms with E-state index >= 15 is 0 Å². The number of carbonyl (C=O) groups is 2. The maximum Gasteiger partial charge on any atom is 0.221 e. The van der Waals surface area contributed by atoms with E-state index in [1.54, 1.807) is 6.92 Å². The molecule has 1 saturated heterocycles. The van der Waals surface area contributed by atoms with Crippen LogP contribution in [0.25, 0.3) is 0 Å². The summed E-state index contributed by atoms with van der Waals surface area (Å²) in [4.78, 5) is 23.0. The quantitative estimate of drug-likeness (QED) is 0.694. The van der Waals surface area contributed by atoms with Crippen molar-refractivity contribution in [2.75, 3.05) is 30.8 Å². The zero-order valence-electron chi connectivity index (χ0n) is 14.9. The van der Waals surface area contributed by atoms with E-state index in [2.05, 4.69) is 10.6 Å². The third kappa shape index (κ3) is 6.08. The van der Waals surface area contributed by atoms with Gasteiger partial charge in [0.2, 0.25) is 11.8 Å². The van der Waals surface area contributed by atoms with Crippen molar-refractivity contribution in [2.45, 2.75) is 37.4 Å². The minimum atomic E-state index is -3.58. The van der Waals surface area contributed by atoms with Crippen LogP contribution in [0.15, 0.2) is 29.2 Å². The van der Waals surface area contributed by atoms with Crippen LogP contribution in [0.1, 0.15) is 26.7 Å². The molecular weight excluding hydrogens is 360 g/mol. The number of ether oxygens (including phenoxy) is 2. The molecule has 8 nitrogen and oxygen atoms in total. The van der Waals surface area contributed by atoms with Crippen molar-refractivity contribution in [3.8, 4) is 0 Å². The second kappa shape index (κ2) is 8.61. The molecule has 1 aliphatic heterocycles. The zero-order valence-corrected chi connectivity index (χ0v) is 15.7. The Labute approximate surface area is 153 Å². The maximum absolute atomic E-state index is 12.3. The second-order valence-corrected chi connectivity index (χ2v) is 8.31. The first-order chi connectivity index (χ1) is 12.2. The van der Waals surface area contributed by atoms with Crippen molar-refractivity contribution in [3.63, 3.8) is 0 Å². The van der Waals surface area contributed by atoms with Crippen LogP contribution in [0.2, 0.25) is 0 Å². The summed E-state index contributed by atoms with van der Waals surface area (Å²) >= 11 is 0. The molecule has 0 aliphatic carbocycles. The molecule has 1 fully saturated rings. The largest absolute Gasteiger partial charge is 0.356 e. The third-order valence-corrected chi connectivity index (χ3v) is 5.66. The summed E-state index contributed by atoms with van der Waals surface area (Å²) in [5, 5.41) is 5.24. The molecular formula is C17H24N2O6S. The number of carbonyl (C=O) groups excluding carboxylic acids is 2. The molecule has 1 aromatic rings. The minimum Gasteiger partial charge on any atom is -0.356 e. The van der Waals surface area contributed by atoms with E-state index in [1.165, 1.54) is 31.2 Å². The van der Waals surface area contributed by atoms with E-state index in [0.29, 0.717) is 31.9 Å². The first-order valence-corrected chi connectivity index (χ1v) is 10.0. The summed E-state index contributed by atoms with van der Waals surface area (Å²) in [6.45, 7) is 4.59. The van der Waals surface area contributed by atoms with Gasteiger partial charge in [-0.25, -0.2) is 8.42 Å². The molecule has 0 unspecified atom stereocenters. The molecule has 26 heavy (non-hydrogen) atoms. The van der Waals surface area contributed by atoms with Crippen LogP contribution in [0.5, 0.6) is 0 Å². The molecule has 0 bridgehead atoms. The van der Waals surface area contributed by atoms with Gasteiger partial charge in [-0.15, -0.1) is 0 Å². The molecule has 0 radical (unpaired) electrons. The van der Waals surface area contributed by atoms with E-state index in [1.807, 2.05) is 0 Å². The van der Waals surface area contributed by atoms with Crippen molar-refractivity contribution in [2.24, 2.45) is 0 Å². The number of amides is 2. The summed E-state index contributed by atoms with van der Waals surface area (Å²) in [6, 6.07) is 5.84. The lowest BCUT2D eigenvalue weighted by Gasteiger charge is -2.22. The zero-order chi connectivity index (χ0) is 19.2. The van der Waals surface area contributed by atoms with Gasteiger partial charge in [0.1, 0.15) is 0 Å². The smallest absolute Gasteiger partial charge is 0.221 e. The number of benzene rings is 1.